The summed E-state index contributed by atoms with van der Waals surface area (Å²) in [5.74, 6) is -1.22. The van der Waals surface area contributed by atoms with Crippen LogP contribution in [0.15, 0.2) is 57.9 Å². The lowest BCUT2D eigenvalue weighted by atomic mass is 10.2. The van der Waals surface area contributed by atoms with E-state index in [9.17, 15) is 18.3 Å². The number of nitrogens with zero attached hydrogens (tertiary/aromatic N) is 1. The largest absolute Gasteiger partial charge is 0.480 e. The Morgan fingerprint density at radius 1 is 1.17 bits per heavy atom. The smallest absolute Gasteiger partial charge is 0.327 e. The maximum atomic E-state index is 13.0. The van der Waals surface area contributed by atoms with Gasteiger partial charge in [-0.3, -0.25) is 4.31 Å². The highest BCUT2D eigenvalue weighted by Gasteiger charge is 2.34. The van der Waals surface area contributed by atoms with Crippen LogP contribution in [0.1, 0.15) is 6.92 Å². The number of carboxylic acid groups (broad SMARTS) is 1. The van der Waals surface area contributed by atoms with Crippen LogP contribution in [0.2, 0.25) is 0 Å². The number of hydrogen-bond acceptors (Lipinski definition) is 3. The van der Waals surface area contributed by atoms with Crippen molar-refractivity contribution in [3.05, 3.63) is 56.6 Å². The zero-order valence-corrected chi connectivity index (χ0v) is 16.5. The maximum absolute atomic E-state index is 13.0. The average Bonchev–Trinajstić information content (AvgIpc) is 2.49. The molecule has 0 saturated heterocycles. The van der Waals surface area contributed by atoms with Gasteiger partial charge >= 0.3 is 5.97 Å². The quantitative estimate of drug-likeness (QED) is 0.623. The van der Waals surface area contributed by atoms with Crippen molar-refractivity contribution in [2.75, 3.05) is 4.31 Å². The molecule has 2 rings (SSSR count). The maximum Gasteiger partial charge on any atom is 0.327 e. The van der Waals surface area contributed by atoms with Crippen molar-refractivity contribution in [3.63, 3.8) is 0 Å². The van der Waals surface area contributed by atoms with Crippen molar-refractivity contribution < 1.29 is 18.3 Å². The Balaban J connectivity index is 2.64. The van der Waals surface area contributed by atoms with Gasteiger partial charge in [0.05, 0.1) is 10.6 Å². The molecule has 0 aliphatic carbocycles. The molecule has 1 atom stereocenters. The van der Waals surface area contributed by atoms with Crippen molar-refractivity contribution in [2.45, 2.75) is 17.9 Å². The van der Waals surface area contributed by atoms with Gasteiger partial charge in [0.15, 0.2) is 0 Å². The predicted octanol–water partition coefficient (Wildman–Crippen LogP) is 3.72. The highest BCUT2D eigenvalue weighted by atomic mass is 127. The topological polar surface area (TPSA) is 74.7 Å². The fourth-order valence-corrected chi connectivity index (χ4v) is 4.70. The molecular formula is C15H13BrINO4S. The van der Waals surface area contributed by atoms with Gasteiger partial charge in [-0.25, -0.2) is 13.2 Å². The second-order valence-electron chi connectivity index (χ2n) is 4.72. The molecule has 0 aliphatic heterocycles. The molecule has 1 N–H and O–H groups in total. The molecule has 1 unspecified atom stereocenters. The highest BCUT2D eigenvalue weighted by Crippen LogP contribution is 2.30. The van der Waals surface area contributed by atoms with Gasteiger partial charge in [-0.1, -0.05) is 28.1 Å². The standard InChI is InChI=1S/C15H13BrINO4S/c1-10(15(19)20)18(14-5-3-2-4-13(14)17)23(21,22)12-8-6-11(16)7-9-12/h2-10H,1H3,(H,19,20). The first kappa shape index (κ1) is 18.2. The highest BCUT2D eigenvalue weighted by molar-refractivity contribution is 14.1. The van der Waals surface area contributed by atoms with Crippen LogP contribution in [-0.2, 0) is 14.8 Å². The van der Waals surface area contributed by atoms with Crippen LogP contribution in [0.25, 0.3) is 0 Å². The number of hydrogen-bond donors (Lipinski definition) is 1. The first-order chi connectivity index (χ1) is 10.7. The third-order valence-electron chi connectivity index (χ3n) is 3.17. The van der Waals surface area contributed by atoms with Gasteiger partial charge in [-0.15, -0.1) is 0 Å². The average molecular weight is 510 g/mol. The van der Waals surface area contributed by atoms with E-state index >= 15 is 0 Å². The molecule has 122 valence electrons. The number of aliphatic carboxylic acids is 1. The summed E-state index contributed by atoms with van der Waals surface area (Å²) in [6, 6.07) is 11.6. The number of para-hydroxylation sites is 1. The van der Waals surface area contributed by atoms with Gasteiger partial charge < -0.3 is 5.11 Å². The lowest BCUT2D eigenvalue weighted by Gasteiger charge is -2.28. The summed E-state index contributed by atoms with van der Waals surface area (Å²) in [5.41, 5.74) is 0.339. The molecule has 0 spiro atoms. The van der Waals surface area contributed by atoms with E-state index in [1.54, 1.807) is 36.4 Å². The summed E-state index contributed by atoms with van der Waals surface area (Å²) in [4.78, 5) is 11.5. The third-order valence-corrected chi connectivity index (χ3v) is 6.51. The Bertz CT molecular complexity index is 824. The van der Waals surface area contributed by atoms with Crippen LogP contribution < -0.4 is 4.31 Å². The summed E-state index contributed by atoms with van der Waals surface area (Å²) >= 11 is 5.24. The van der Waals surface area contributed by atoms with Crippen LogP contribution in [0.5, 0.6) is 0 Å². The third kappa shape index (κ3) is 3.86. The molecule has 0 amide bonds. The lowest BCUT2D eigenvalue weighted by molar-refractivity contribution is -0.137. The minimum Gasteiger partial charge on any atom is -0.480 e. The molecule has 0 saturated carbocycles. The Morgan fingerprint density at radius 2 is 1.74 bits per heavy atom. The summed E-state index contributed by atoms with van der Waals surface area (Å²) < 4.78 is 28.3. The molecule has 23 heavy (non-hydrogen) atoms. The molecule has 0 heterocycles. The number of carboxylic acids is 1. The molecule has 0 aromatic heterocycles. The molecular weight excluding hydrogens is 497 g/mol. The van der Waals surface area contributed by atoms with Gasteiger partial charge in [-0.05, 0) is 65.9 Å². The van der Waals surface area contributed by atoms with Crippen molar-refractivity contribution in [1.29, 1.82) is 0 Å². The molecule has 5 nitrogen and oxygen atoms in total. The predicted molar refractivity (Wildman–Crippen MR) is 100 cm³/mol. The molecule has 2 aromatic carbocycles. The fourth-order valence-electron chi connectivity index (χ4n) is 2.00. The van der Waals surface area contributed by atoms with E-state index < -0.39 is 22.0 Å². The van der Waals surface area contributed by atoms with Crippen LogP contribution in [-0.4, -0.2) is 25.5 Å². The van der Waals surface area contributed by atoms with E-state index in [4.69, 9.17) is 0 Å². The summed E-state index contributed by atoms with van der Waals surface area (Å²) in [6.45, 7) is 1.35. The Labute approximate surface area is 156 Å². The Morgan fingerprint density at radius 3 is 2.26 bits per heavy atom. The molecule has 0 aliphatic rings. The summed E-state index contributed by atoms with van der Waals surface area (Å²) in [7, 11) is -4.01. The van der Waals surface area contributed by atoms with Crippen molar-refractivity contribution in [1.82, 2.24) is 0 Å². The fraction of sp³-hybridized carbons (Fsp3) is 0.133. The molecule has 0 radical (unpaired) electrons. The zero-order chi connectivity index (χ0) is 17.2. The van der Waals surface area contributed by atoms with Crippen molar-refractivity contribution in [2.24, 2.45) is 0 Å². The second-order valence-corrected chi connectivity index (χ2v) is 8.61. The molecule has 8 heteroatoms. The van der Waals surface area contributed by atoms with E-state index in [0.29, 0.717) is 9.26 Å². The Hall–Kier alpha value is -1.13. The minimum atomic E-state index is -4.01. The van der Waals surface area contributed by atoms with Gasteiger partial charge in [0.2, 0.25) is 0 Å². The first-order valence-corrected chi connectivity index (χ1v) is 9.83. The van der Waals surface area contributed by atoms with Gasteiger partial charge in [0.25, 0.3) is 10.0 Å². The van der Waals surface area contributed by atoms with Crippen LogP contribution >= 0.6 is 38.5 Å². The van der Waals surface area contributed by atoms with E-state index in [1.807, 2.05) is 22.6 Å². The van der Waals surface area contributed by atoms with Gasteiger partial charge in [-0.2, -0.15) is 0 Å². The second kappa shape index (κ2) is 7.18. The van der Waals surface area contributed by atoms with Gasteiger partial charge in [0, 0.05) is 8.04 Å². The molecule has 0 fully saturated rings. The van der Waals surface area contributed by atoms with Crippen molar-refractivity contribution >= 4 is 60.2 Å². The number of benzene rings is 2. The van der Waals surface area contributed by atoms with E-state index in [0.717, 1.165) is 8.78 Å². The number of rotatable bonds is 5. The van der Waals surface area contributed by atoms with Gasteiger partial charge in [0.1, 0.15) is 6.04 Å². The van der Waals surface area contributed by atoms with E-state index in [2.05, 4.69) is 15.9 Å². The molecule has 2 aromatic rings. The summed E-state index contributed by atoms with van der Waals surface area (Å²) in [5, 5.41) is 9.34. The normalized spacial score (nSPS) is 12.7. The zero-order valence-electron chi connectivity index (χ0n) is 12.0. The van der Waals surface area contributed by atoms with Crippen LogP contribution in [0.3, 0.4) is 0 Å². The van der Waals surface area contributed by atoms with Crippen LogP contribution in [0, 0.1) is 3.57 Å². The monoisotopic (exact) mass is 509 g/mol. The lowest BCUT2D eigenvalue weighted by Crippen LogP contribution is -2.43. The number of carbonyl (C=O) groups is 1. The SMILES string of the molecule is CC(C(=O)O)N(c1ccccc1I)S(=O)(=O)c1ccc(Br)cc1. The Kier molecular flexibility index (Phi) is 5.69. The molecule has 0 bridgehead atoms. The van der Waals surface area contributed by atoms with Crippen LogP contribution in [0.4, 0.5) is 5.69 Å². The van der Waals surface area contributed by atoms with E-state index in [-0.39, 0.29) is 4.90 Å². The number of anilines is 1. The minimum absolute atomic E-state index is 0.0356. The number of sulfonamides is 1. The summed E-state index contributed by atoms with van der Waals surface area (Å²) in [6.07, 6.45) is 0. The number of halogens is 2. The van der Waals surface area contributed by atoms with E-state index in [1.165, 1.54) is 19.1 Å². The van der Waals surface area contributed by atoms with Crippen molar-refractivity contribution in [3.8, 4) is 0 Å². The first-order valence-electron chi connectivity index (χ1n) is 6.52.